The van der Waals surface area contributed by atoms with Crippen molar-refractivity contribution in [3.8, 4) is 11.5 Å². The molecule has 1 atom stereocenters. The van der Waals surface area contributed by atoms with E-state index in [4.69, 9.17) is 5.73 Å². The first-order chi connectivity index (χ1) is 16.4. The molecule has 0 aliphatic heterocycles. The van der Waals surface area contributed by atoms with Gasteiger partial charge in [-0.3, -0.25) is 9.59 Å². The molecule has 0 aliphatic carbocycles. The summed E-state index contributed by atoms with van der Waals surface area (Å²) in [6.45, 7) is 0.852. The zero-order chi connectivity index (χ0) is 24.1. The van der Waals surface area contributed by atoms with Crippen LogP contribution in [0.15, 0.2) is 48.8 Å². The molecule has 8 N–H and O–H groups in total. The fraction of sp³-hybridized carbons (Fsp3) is 0.280. The quantitative estimate of drug-likeness (QED) is 0.192. The number of hydrogen-bond donors (Lipinski definition) is 7. The summed E-state index contributed by atoms with van der Waals surface area (Å²) in [4.78, 5) is 30.7. The Balaban J connectivity index is 1.16. The van der Waals surface area contributed by atoms with Crippen molar-refractivity contribution in [3.05, 3.63) is 59.9 Å². The highest BCUT2D eigenvalue weighted by Crippen LogP contribution is 2.24. The van der Waals surface area contributed by atoms with Crippen molar-refractivity contribution in [1.82, 2.24) is 20.6 Å². The zero-order valence-electron chi connectivity index (χ0n) is 18.7. The van der Waals surface area contributed by atoms with E-state index >= 15 is 0 Å². The van der Waals surface area contributed by atoms with Crippen molar-refractivity contribution < 1.29 is 19.8 Å². The lowest BCUT2D eigenvalue weighted by Gasteiger charge is -2.12. The Labute approximate surface area is 196 Å². The van der Waals surface area contributed by atoms with Crippen molar-refractivity contribution in [2.45, 2.75) is 31.7 Å². The second kappa shape index (κ2) is 10.3. The fourth-order valence-corrected chi connectivity index (χ4v) is 4.04. The molecule has 178 valence electrons. The molecule has 2 amide bonds. The Kier molecular flexibility index (Phi) is 7.03. The summed E-state index contributed by atoms with van der Waals surface area (Å²) < 4.78 is 0. The number of carbonyl (C=O) groups excluding carboxylic acids is 2. The van der Waals surface area contributed by atoms with Crippen LogP contribution >= 0.6 is 0 Å². The van der Waals surface area contributed by atoms with Gasteiger partial charge in [-0.25, -0.2) is 0 Å². The van der Waals surface area contributed by atoms with Gasteiger partial charge in [0.2, 0.25) is 11.8 Å². The van der Waals surface area contributed by atoms with E-state index in [1.54, 1.807) is 30.3 Å². The van der Waals surface area contributed by atoms with Crippen LogP contribution in [0.2, 0.25) is 0 Å². The van der Waals surface area contributed by atoms with Crippen molar-refractivity contribution in [2.75, 3.05) is 13.1 Å². The molecule has 4 aromatic rings. The molecule has 0 fully saturated rings. The molecule has 9 heteroatoms. The number of H-pyrrole nitrogens is 2. The van der Waals surface area contributed by atoms with Crippen LogP contribution in [0.1, 0.15) is 24.0 Å². The molecule has 2 aromatic carbocycles. The van der Waals surface area contributed by atoms with Crippen LogP contribution < -0.4 is 16.4 Å². The Hall–Kier alpha value is -3.98. The lowest BCUT2D eigenvalue weighted by atomic mass is 10.1. The second-order valence-corrected chi connectivity index (χ2v) is 8.37. The number of amides is 2. The minimum atomic E-state index is -0.769. The number of nitrogens with one attached hydrogen (secondary N) is 4. The molecule has 0 saturated heterocycles. The molecule has 2 heterocycles. The largest absolute Gasteiger partial charge is 0.508 e. The Morgan fingerprint density at radius 3 is 1.94 bits per heavy atom. The van der Waals surface area contributed by atoms with E-state index < -0.39 is 6.04 Å². The van der Waals surface area contributed by atoms with Gasteiger partial charge in [0.25, 0.3) is 0 Å². The summed E-state index contributed by atoms with van der Waals surface area (Å²) in [6, 6.07) is 9.47. The topological polar surface area (TPSA) is 156 Å². The number of phenols is 2. The molecule has 34 heavy (non-hydrogen) atoms. The number of fused-ring (bicyclic) bond motifs is 2. The maximum absolute atomic E-state index is 12.3. The van der Waals surface area contributed by atoms with Gasteiger partial charge in [0, 0.05) is 53.7 Å². The Morgan fingerprint density at radius 1 is 0.853 bits per heavy atom. The molecular formula is C25H29N5O4. The van der Waals surface area contributed by atoms with Crippen molar-refractivity contribution in [3.63, 3.8) is 0 Å². The van der Waals surface area contributed by atoms with Gasteiger partial charge in [0.15, 0.2) is 0 Å². The highest BCUT2D eigenvalue weighted by atomic mass is 16.3. The average molecular weight is 464 g/mol. The monoisotopic (exact) mass is 463 g/mol. The summed E-state index contributed by atoms with van der Waals surface area (Å²) in [7, 11) is 0. The summed E-state index contributed by atoms with van der Waals surface area (Å²) in [5.41, 5.74) is 9.81. The number of nitrogens with two attached hydrogens (primary N) is 1. The van der Waals surface area contributed by atoms with Crippen LogP contribution in [0.3, 0.4) is 0 Å². The molecular weight excluding hydrogens is 434 g/mol. The number of hydrogen-bond acceptors (Lipinski definition) is 5. The Bertz CT molecular complexity index is 1310. The molecule has 2 aromatic heterocycles. The first kappa shape index (κ1) is 23.2. The van der Waals surface area contributed by atoms with E-state index in [1.165, 1.54) is 0 Å². The second-order valence-electron chi connectivity index (χ2n) is 8.37. The highest BCUT2D eigenvalue weighted by molar-refractivity contribution is 5.86. The van der Waals surface area contributed by atoms with E-state index in [9.17, 15) is 19.8 Å². The maximum atomic E-state index is 12.3. The standard InChI is InChI=1S/C25H29N5O4/c26-21(25(34)28-10-8-16-14-30-23-5-2-18(32)12-20(16)23)3-6-24(33)27-9-7-15-13-29-22-4-1-17(31)11-19(15)22/h1-2,4-5,11-14,21,29-32H,3,6-10,26H2,(H,27,33)(H,28,34)/t21-/m0/s1. The smallest absolute Gasteiger partial charge is 0.236 e. The maximum Gasteiger partial charge on any atom is 0.236 e. The van der Waals surface area contributed by atoms with Crippen LogP contribution in [0.25, 0.3) is 21.8 Å². The minimum absolute atomic E-state index is 0.158. The molecule has 0 spiro atoms. The highest BCUT2D eigenvalue weighted by Gasteiger charge is 2.15. The van der Waals surface area contributed by atoms with Crippen LogP contribution in [-0.4, -0.2) is 51.1 Å². The molecule has 0 aliphatic rings. The van der Waals surface area contributed by atoms with Crippen LogP contribution in [0.4, 0.5) is 0 Å². The van der Waals surface area contributed by atoms with Crippen molar-refractivity contribution >= 4 is 33.6 Å². The molecule has 0 unspecified atom stereocenters. The van der Waals surface area contributed by atoms with Crippen LogP contribution in [0.5, 0.6) is 11.5 Å². The number of carbonyl (C=O) groups is 2. The molecule has 4 rings (SSSR count). The number of aromatic nitrogens is 2. The van der Waals surface area contributed by atoms with Crippen molar-refractivity contribution in [2.24, 2.45) is 5.73 Å². The van der Waals surface area contributed by atoms with E-state index in [1.807, 2.05) is 18.5 Å². The normalized spacial score (nSPS) is 12.1. The number of benzene rings is 2. The average Bonchev–Trinajstić information content (AvgIpc) is 3.41. The third kappa shape index (κ3) is 5.49. The van der Waals surface area contributed by atoms with E-state index in [-0.39, 0.29) is 36.2 Å². The number of aromatic hydroxyl groups is 2. The van der Waals surface area contributed by atoms with Crippen LogP contribution in [-0.2, 0) is 22.4 Å². The predicted molar refractivity (Wildman–Crippen MR) is 131 cm³/mol. The first-order valence-electron chi connectivity index (χ1n) is 11.3. The summed E-state index contributed by atoms with van der Waals surface area (Å²) in [5, 5.41) is 26.8. The van der Waals surface area contributed by atoms with Gasteiger partial charge in [0.1, 0.15) is 11.5 Å². The molecule has 9 nitrogen and oxygen atoms in total. The third-order valence-corrected chi connectivity index (χ3v) is 5.93. The first-order valence-corrected chi connectivity index (χ1v) is 11.3. The van der Waals surface area contributed by atoms with E-state index in [0.717, 1.165) is 32.9 Å². The number of phenolic OH excluding ortho intramolecular Hbond substituents is 2. The summed E-state index contributed by atoms with van der Waals surface area (Å²) in [6.07, 6.45) is 5.35. The SMILES string of the molecule is N[C@@H](CCC(=O)NCCc1c[nH]c2ccc(O)cc12)C(=O)NCCc1c[nH]c2ccc(O)cc12. The van der Waals surface area contributed by atoms with Crippen LogP contribution in [0, 0.1) is 0 Å². The van der Waals surface area contributed by atoms with Gasteiger partial charge >= 0.3 is 0 Å². The predicted octanol–water partition coefficient (Wildman–Crippen LogP) is 2.19. The minimum Gasteiger partial charge on any atom is -0.508 e. The van der Waals surface area contributed by atoms with Crippen molar-refractivity contribution in [1.29, 1.82) is 0 Å². The van der Waals surface area contributed by atoms with E-state index in [0.29, 0.717) is 25.9 Å². The third-order valence-electron chi connectivity index (χ3n) is 5.93. The lowest BCUT2D eigenvalue weighted by molar-refractivity contribution is -0.123. The summed E-state index contributed by atoms with van der Waals surface area (Å²) in [5.74, 6) is -0.0672. The van der Waals surface area contributed by atoms with Gasteiger partial charge in [0.05, 0.1) is 6.04 Å². The molecule has 0 bridgehead atoms. The number of aromatic amines is 2. The zero-order valence-corrected chi connectivity index (χ0v) is 18.7. The summed E-state index contributed by atoms with van der Waals surface area (Å²) >= 11 is 0. The fourth-order valence-electron chi connectivity index (χ4n) is 4.04. The molecule has 0 radical (unpaired) electrons. The van der Waals surface area contributed by atoms with Gasteiger partial charge < -0.3 is 36.5 Å². The van der Waals surface area contributed by atoms with Gasteiger partial charge in [-0.15, -0.1) is 0 Å². The lowest BCUT2D eigenvalue weighted by Crippen LogP contribution is -2.42. The Morgan fingerprint density at radius 2 is 1.38 bits per heavy atom. The van der Waals surface area contributed by atoms with E-state index in [2.05, 4.69) is 20.6 Å². The number of rotatable bonds is 10. The van der Waals surface area contributed by atoms with Gasteiger partial charge in [-0.2, -0.15) is 0 Å². The molecule has 0 saturated carbocycles. The van der Waals surface area contributed by atoms with Gasteiger partial charge in [-0.1, -0.05) is 0 Å². The van der Waals surface area contributed by atoms with Gasteiger partial charge in [-0.05, 0) is 66.8 Å².